The Balaban J connectivity index is 1.58. The van der Waals surface area contributed by atoms with Crippen molar-refractivity contribution in [3.05, 3.63) is 84.1 Å². The maximum atomic E-state index is 12.1. The fourth-order valence-electron chi connectivity index (χ4n) is 2.43. The molecule has 2 aromatic carbocycles. The van der Waals surface area contributed by atoms with E-state index in [2.05, 4.69) is 10.4 Å². The maximum Gasteiger partial charge on any atom is 0.225 e. The van der Waals surface area contributed by atoms with Crippen molar-refractivity contribution in [2.75, 3.05) is 5.32 Å². The van der Waals surface area contributed by atoms with E-state index in [-0.39, 0.29) is 5.91 Å². The molecule has 3 rings (SSSR count). The van der Waals surface area contributed by atoms with Crippen LogP contribution in [0.25, 0.3) is 0 Å². The molecule has 4 nitrogen and oxygen atoms in total. The number of nitrogens with zero attached hydrogens (tertiary/aromatic N) is 2. The molecule has 1 heterocycles. The average molecular weight is 305 g/mol. The number of anilines is 1. The zero-order valence-corrected chi connectivity index (χ0v) is 12.9. The minimum atomic E-state index is 0.00339. The summed E-state index contributed by atoms with van der Waals surface area (Å²) in [6.07, 6.45) is 2.90. The Morgan fingerprint density at radius 1 is 0.913 bits per heavy atom. The number of aromatic nitrogens is 2. The summed E-state index contributed by atoms with van der Waals surface area (Å²) in [6, 6.07) is 21.9. The lowest BCUT2D eigenvalue weighted by molar-refractivity contribution is -0.116. The Morgan fingerprint density at radius 2 is 1.57 bits per heavy atom. The molecule has 0 aliphatic rings. The molecule has 23 heavy (non-hydrogen) atoms. The molecule has 0 aliphatic heterocycles. The van der Waals surface area contributed by atoms with Gasteiger partial charge in [-0.05, 0) is 17.5 Å². The lowest BCUT2D eigenvalue weighted by Gasteiger charge is -2.09. The Kier molecular flexibility index (Phi) is 4.84. The van der Waals surface area contributed by atoms with Gasteiger partial charge in [0, 0.05) is 12.5 Å². The zero-order chi connectivity index (χ0) is 15.9. The minimum absolute atomic E-state index is 0.00339. The third-order valence-corrected chi connectivity index (χ3v) is 3.64. The largest absolute Gasteiger partial charge is 0.311 e. The molecule has 0 saturated heterocycles. The Labute approximate surface area is 135 Å². The van der Waals surface area contributed by atoms with Crippen molar-refractivity contribution in [1.29, 1.82) is 0 Å². The molecule has 0 bridgehead atoms. The van der Waals surface area contributed by atoms with Crippen LogP contribution in [-0.4, -0.2) is 15.7 Å². The summed E-state index contributed by atoms with van der Waals surface area (Å²) in [6.45, 7) is 0.641. The van der Waals surface area contributed by atoms with Crippen molar-refractivity contribution in [3.63, 3.8) is 0 Å². The van der Waals surface area contributed by atoms with Gasteiger partial charge in [0.15, 0.2) is 0 Å². The Bertz CT molecular complexity index is 751. The molecule has 0 radical (unpaired) electrons. The van der Waals surface area contributed by atoms with Gasteiger partial charge >= 0.3 is 0 Å². The summed E-state index contributed by atoms with van der Waals surface area (Å²) >= 11 is 0. The van der Waals surface area contributed by atoms with Gasteiger partial charge in [-0.3, -0.25) is 4.79 Å². The fraction of sp³-hybridized carbons (Fsp3) is 0.158. The van der Waals surface area contributed by atoms with E-state index in [0.717, 1.165) is 17.8 Å². The highest BCUT2D eigenvalue weighted by atomic mass is 16.1. The molecule has 4 heteroatoms. The lowest BCUT2D eigenvalue weighted by Crippen LogP contribution is -2.16. The summed E-state index contributed by atoms with van der Waals surface area (Å²) in [5.74, 6) is 0.732. The Morgan fingerprint density at radius 3 is 2.26 bits per heavy atom. The van der Waals surface area contributed by atoms with Gasteiger partial charge in [0.1, 0.15) is 5.82 Å². The second-order valence-corrected chi connectivity index (χ2v) is 5.39. The van der Waals surface area contributed by atoms with Crippen molar-refractivity contribution in [1.82, 2.24) is 9.78 Å². The first-order chi connectivity index (χ1) is 11.3. The van der Waals surface area contributed by atoms with E-state index in [0.29, 0.717) is 13.0 Å². The fourth-order valence-corrected chi connectivity index (χ4v) is 2.43. The molecule has 1 amide bonds. The van der Waals surface area contributed by atoms with Crippen LogP contribution in [0.5, 0.6) is 0 Å². The van der Waals surface area contributed by atoms with Gasteiger partial charge in [-0.1, -0.05) is 60.7 Å². The van der Waals surface area contributed by atoms with Crippen LogP contribution in [0.2, 0.25) is 0 Å². The zero-order valence-electron chi connectivity index (χ0n) is 12.9. The van der Waals surface area contributed by atoms with Crippen molar-refractivity contribution in [2.45, 2.75) is 19.4 Å². The van der Waals surface area contributed by atoms with Crippen molar-refractivity contribution in [3.8, 4) is 0 Å². The number of carbonyl (C=O) groups is 1. The number of carbonyl (C=O) groups excluding carboxylic acids is 1. The summed E-state index contributed by atoms with van der Waals surface area (Å²) in [5, 5.41) is 7.23. The number of amides is 1. The van der Waals surface area contributed by atoms with Crippen molar-refractivity contribution in [2.24, 2.45) is 0 Å². The molecule has 0 atom stereocenters. The third-order valence-electron chi connectivity index (χ3n) is 3.64. The minimum Gasteiger partial charge on any atom is -0.311 e. The second kappa shape index (κ2) is 7.40. The highest BCUT2D eigenvalue weighted by Gasteiger charge is 2.08. The number of aryl methyl sites for hydroxylation is 1. The Hall–Kier alpha value is -2.88. The monoisotopic (exact) mass is 305 g/mol. The molecule has 0 spiro atoms. The first kappa shape index (κ1) is 15.0. The highest BCUT2D eigenvalue weighted by molar-refractivity contribution is 5.89. The molecule has 116 valence electrons. The van der Waals surface area contributed by atoms with E-state index in [9.17, 15) is 4.79 Å². The standard InChI is InChI=1S/C19H19N3O/c23-19(12-11-16-7-3-1-4-8-16)21-18-13-14-20-22(18)15-17-9-5-2-6-10-17/h1-10,13-14H,11-12,15H2,(H,21,23). The number of nitrogens with one attached hydrogen (secondary N) is 1. The molecule has 3 aromatic rings. The smallest absolute Gasteiger partial charge is 0.225 e. The van der Waals surface area contributed by atoms with Gasteiger partial charge < -0.3 is 5.32 Å². The molecular weight excluding hydrogens is 286 g/mol. The van der Waals surface area contributed by atoms with Gasteiger partial charge in [-0.15, -0.1) is 0 Å². The molecular formula is C19H19N3O. The van der Waals surface area contributed by atoms with Crippen LogP contribution in [0.1, 0.15) is 17.5 Å². The SMILES string of the molecule is O=C(CCc1ccccc1)Nc1ccnn1Cc1ccccc1. The summed E-state index contributed by atoms with van der Waals surface area (Å²) < 4.78 is 1.80. The number of benzene rings is 2. The van der Waals surface area contributed by atoms with Gasteiger partial charge in [0.25, 0.3) is 0 Å². The molecule has 0 saturated carbocycles. The maximum absolute atomic E-state index is 12.1. The van der Waals surface area contributed by atoms with Gasteiger partial charge in [-0.2, -0.15) is 5.10 Å². The van der Waals surface area contributed by atoms with Crippen LogP contribution < -0.4 is 5.32 Å². The average Bonchev–Trinajstić information content (AvgIpc) is 3.02. The molecule has 0 unspecified atom stereocenters. The first-order valence-electron chi connectivity index (χ1n) is 7.71. The first-order valence-corrected chi connectivity index (χ1v) is 7.71. The quantitative estimate of drug-likeness (QED) is 0.757. The van der Waals surface area contributed by atoms with E-state index in [4.69, 9.17) is 0 Å². The number of rotatable bonds is 6. The van der Waals surface area contributed by atoms with Gasteiger partial charge in [-0.25, -0.2) is 4.68 Å². The van der Waals surface area contributed by atoms with E-state index in [1.807, 2.05) is 66.7 Å². The summed E-state index contributed by atoms with van der Waals surface area (Å²) in [4.78, 5) is 12.1. The van der Waals surface area contributed by atoms with E-state index < -0.39 is 0 Å². The topological polar surface area (TPSA) is 46.9 Å². The third kappa shape index (κ3) is 4.30. The highest BCUT2D eigenvalue weighted by Crippen LogP contribution is 2.11. The van der Waals surface area contributed by atoms with Crippen LogP contribution in [0, 0.1) is 0 Å². The summed E-state index contributed by atoms with van der Waals surface area (Å²) in [7, 11) is 0. The van der Waals surface area contributed by atoms with Crippen LogP contribution in [0.15, 0.2) is 72.9 Å². The van der Waals surface area contributed by atoms with Gasteiger partial charge in [0.05, 0.1) is 12.7 Å². The van der Waals surface area contributed by atoms with Crippen molar-refractivity contribution >= 4 is 11.7 Å². The molecule has 0 aliphatic carbocycles. The van der Waals surface area contributed by atoms with Crippen LogP contribution in [0.4, 0.5) is 5.82 Å². The van der Waals surface area contributed by atoms with Crippen LogP contribution in [0.3, 0.4) is 0 Å². The van der Waals surface area contributed by atoms with Crippen LogP contribution >= 0.6 is 0 Å². The number of hydrogen-bond donors (Lipinski definition) is 1. The summed E-state index contributed by atoms with van der Waals surface area (Å²) in [5.41, 5.74) is 2.32. The second-order valence-electron chi connectivity index (χ2n) is 5.39. The van der Waals surface area contributed by atoms with E-state index >= 15 is 0 Å². The molecule has 1 N–H and O–H groups in total. The van der Waals surface area contributed by atoms with Gasteiger partial charge in [0.2, 0.25) is 5.91 Å². The molecule has 0 fully saturated rings. The lowest BCUT2D eigenvalue weighted by atomic mass is 10.1. The molecule has 1 aromatic heterocycles. The normalized spacial score (nSPS) is 10.4. The number of hydrogen-bond acceptors (Lipinski definition) is 2. The predicted octanol–water partition coefficient (Wildman–Crippen LogP) is 3.50. The van der Waals surface area contributed by atoms with Crippen molar-refractivity contribution < 1.29 is 4.79 Å². The predicted molar refractivity (Wildman–Crippen MR) is 91.2 cm³/mol. The van der Waals surface area contributed by atoms with Crippen LogP contribution in [-0.2, 0) is 17.8 Å². The van der Waals surface area contributed by atoms with E-state index in [1.165, 1.54) is 5.56 Å². The van der Waals surface area contributed by atoms with E-state index in [1.54, 1.807) is 10.9 Å².